The van der Waals surface area contributed by atoms with Crippen LogP contribution < -0.4 is 0 Å². The molecule has 0 radical (unpaired) electrons. The summed E-state index contributed by atoms with van der Waals surface area (Å²) in [7, 11) is 1.66. The number of hydrogen-bond acceptors (Lipinski definition) is 4. The fourth-order valence-corrected chi connectivity index (χ4v) is 4.64. The zero-order valence-corrected chi connectivity index (χ0v) is 19.5. The Morgan fingerprint density at radius 2 is 1.77 bits per heavy atom. The molecule has 0 saturated carbocycles. The number of nitrogens with zero attached hydrogens (tertiary/aromatic N) is 6. The molecule has 2 aromatic heterocycles. The van der Waals surface area contributed by atoms with Gasteiger partial charge in [-0.1, -0.05) is 25.1 Å². The number of aryl methyl sites for hydroxylation is 2. The predicted molar refractivity (Wildman–Crippen MR) is 122 cm³/mol. The first-order valence-electron chi connectivity index (χ1n) is 11.3. The van der Waals surface area contributed by atoms with Crippen LogP contribution >= 0.6 is 0 Å². The first kappa shape index (κ1) is 22.8. The molecule has 1 amide bonds. The SMILES string of the molecule is CCc1nc(C(=O)N2CCc3c(nn(C)c3-c3cc(F)c(F)c(F)c3)C2C)nn1-c1ccccc1. The number of hydrogen-bond donors (Lipinski definition) is 0. The lowest BCUT2D eigenvalue weighted by atomic mass is 9.95. The van der Waals surface area contributed by atoms with Crippen LogP contribution in [0.2, 0.25) is 0 Å². The van der Waals surface area contributed by atoms with E-state index in [1.165, 1.54) is 4.68 Å². The van der Waals surface area contributed by atoms with E-state index in [2.05, 4.69) is 15.2 Å². The van der Waals surface area contributed by atoms with Gasteiger partial charge in [-0.2, -0.15) is 5.10 Å². The second-order valence-electron chi connectivity index (χ2n) is 8.47. The average Bonchev–Trinajstić information content (AvgIpc) is 3.44. The summed E-state index contributed by atoms with van der Waals surface area (Å²) in [4.78, 5) is 19.6. The molecule has 180 valence electrons. The molecule has 0 spiro atoms. The predicted octanol–water partition coefficient (Wildman–Crippen LogP) is 4.41. The molecule has 5 rings (SSSR count). The molecule has 1 unspecified atom stereocenters. The molecule has 1 atom stereocenters. The molecule has 2 aromatic carbocycles. The highest BCUT2D eigenvalue weighted by Crippen LogP contribution is 2.36. The van der Waals surface area contributed by atoms with Gasteiger partial charge in [0.1, 0.15) is 5.82 Å². The lowest BCUT2D eigenvalue weighted by Crippen LogP contribution is -2.39. The average molecular weight is 480 g/mol. The molecule has 10 heteroatoms. The van der Waals surface area contributed by atoms with Crippen molar-refractivity contribution in [3.63, 3.8) is 0 Å². The number of halogens is 3. The third kappa shape index (κ3) is 3.78. The largest absolute Gasteiger partial charge is 0.327 e. The van der Waals surface area contributed by atoms with Crippen molar-refractivity contribution < 1.29 is 18.0 Å². The van der Waals surface area contributed by atoms with Gasteiger partial charge in [0.15, 0.2) is 17.5 Å². The molecule has 0 fully saturated rings. The van der Waals surface area contributed by atoms with Crippen LogP contribution in [0.1, 0.15) is 47.6 Å². The van der Waals surface area contributed by atoms with Crippen LogP contribution in [0.25, 0.3) is 16.9 Å². The number of amides is 1. The summed E-state index contributed by atoms with van der Waals surface area (Å²) in [6.45, 7) is 4.14. The van der Waals surface area contributed by atoms with Gasteiger partial charge in [0.25, 0.3) is 5.91 Å². The summed E-state index contributed by atoms with van der Waals surface area (Å²) in [6.07, 6.45) is 1.01. The Hall–Kier alpha value is -3.95. The number of carbonyl (C=O) groups excluding carboxylic acids is 1. The Morgan fingerprint density at radius 1 is 1.09 bits per heavy atom. The number of carbonyl (C=O) groups is 1. The van der Waals surface area contributed by atoms with Crippen molar-refractivity contribution in [2.45, 2.75) is 32.7 Å². The fourth-order valence-electron chi connectivity index (χ4n) is 4.64. The normalized spacial score (nSPS) is 15.4. The molecule has 0 bridgehead atoms. The molecule has 35 heavy (non-hydrogen) atoms. The van der Waals surface area contributed by atoms with Gasteiger partial charge in [0.2, 0.25) is 5.82 Å². The monoisotopic (exact) mass is 480 g/mol. The molecule has 0 saturated heterocycles. The van der Waals surface area contributed by atoms with Gasteiger partial charge in [-0.3, -0.25) is 9.48 Å². The summed E-state index contributed by atoms with van der Waals surface area (Å²) < 4.78 is 44.5. The Kier molecular flexibility index (Phi) is 5.66. The van der Waals surface area contributed by atoms with E-state index in [0.29, 0.717) is 36.6 Å². The van der Waals surface area contributed by atoms with E-state index in [1.54, 1.807) is 16.6 Å². The number of aromatic nitrogens is 5. The van der Waals surface area contributed by atoms with Gasteiger partial charge in [0.05, 0.1) is 23.1 Å². The van der Waals surface area contributed by atoms with Crippen LogP contribution in [0.4, 0.5) is 13.2 Å². The summed E-state index contributed by atoms with van der Waals surface area (Å²) in [5.41, 5.74) is 2.90. The van der Waals surface area contributed by atoms with Crippen LogP contribution in [0.5, 0.6) is 0 Å². The molecule has 3 heterocycles. The smallest absolute Gasteiger partial charge is 0.294 e. The second-order valence-corrected chi connectivity index (χ2v) is 8.47. The van der Waals surface area contributed by atoms with Crippen molar-refractivity contribution >= 4 is 5.91 Å². The van der Waals surface area contributed by atoms with Crippen LogP contribution in [0.15, 0.2) is 42.5 Å². The van der Waals surface area contributed by atoms with Crippen LogP contribution in [0.3, 0.4) is 0 Å². The second kappa shape index (κ2) is 8.68. The van der Waals surface area contributed by atoms with Gasteiger partial charge in [-0.05, 0) is 37.6 Å². The zero-order chi connectivity index (χ0) is 24.9. The van der Waals surface area contributed by atoms with Crippen LogP contribution in [0, 0.1) is 17.5 Å². The molecular weight excluding hydrogens is 457 g/mol. The molecule has 0 N–H and O–H groups in total. The van der Waals surface area contributed by atoms with E-state index in [9.17, 15) is 18.0 Å². The number of benzene rings is 2. The van der Waals surface area contributed by atoms with E-state index >= 15 is 0 Å². The Balaban J connectivity index is 1.48. The van der Waals surface area contributed by atoms with Crippen molar-refractivity contribution in [3.05, 3.63) is 82.8 Å². The minimum absolute atomic E-state index is 0.0971. The van der Waals surface area contributed by atoms with E-state index < -0.39 is 23.5 Å². The van der Waals surface area contributed by atoms with E-state index in [1.807, 2.05) is 44.2 Å². The maximum Gasteiger partial charge on any atom is 0.294 e. The molecule has 7 nitrogen and oxygen atoms in total. The third-order valence-electron chi connectivity index (χ3n) is 6.34. The van der Waals surface area contributed by atoms with Gasteiger partial charge < -0.3 is 4.90 Å². The molecule has 1 aliphatic rings. The molecule has 1 aliphatic heterocycles. The highest BCUT2D eigenvalue weighted by Gasteiger charge is 2.35. The maximum atomic E-state index is 13.9. The van der Waals surface area contributed by atoms with Gasteiger partial charge in [-0.15, -0.1) is 5.10 Å². The van der Waals surface area contributed by atoms with Crippen molar-refractivity contribution in [3.8, 4) is 16.9 Å². The minimum atomic E-state index is -1.51. The number of rotatable bonds is 4. The van der Waals surface area contributed by atoms with E-state index in [0.717, 1.165) is 23.4 Å². The highest BCUT2D eigenvalue weighted by molar-refractivity contribution is 5.91. The Bertz CT molecular complexity index is 1410. The molecule has 0 aliphatic carbocycles. The number of para-hydroxylation sites is 1. The van der Waals surface area contributed by atoms with E-state index in [-0.39, 0.29) is 17.3 Å². The first-order valence-corrected chi connectivity index (χ1v) is 11.3. The van der Waals surface area contributed by atoms with Gasteiger partial charge >= 0.3 is 0 Å². The summed E-state index contributed by atoms with van der Waals surface area (Å²) >= 11 is 0. The minimum Gasteiger partial charge on any atom is -0.327 e. The van der Waals surface area contributed by atoms with Crippen LogP contribution in [-0.2, 0) is 19.9 Å². The maximum absolute atomic E-state index is 13.9. The zero-order valence-electron chi connectivity index (χ0n) is 19.5. The van der Waals surface area contributed by atoms with Crippen molar-refractivity contribution in [2.24, 2.45) is 7.05 Å². The quantitative estimate of drug-likeness (QED) is 0.406. The van der Waals surface area contributed by atoms with Crippen molar-refractivity contribution in [2.75, 3.05) is 6.54 Å². The van der Waals surface area contributed by atoms with Gasteiger partial charge in [0, 0.05) is 31.1 Å². The third-order valence-corrected chi connectivity index (χ3v) is 6.34. The summed E-state index contributed by atoms with van der Waals surface area (Å²) in [6, 6.07) is 11.0. The molecule has 4 aromatic rings. The van der Waals surface area contributed by atoms with Gasteiger partial charge in [-0.25, -0.2) is 22.8 Å². The summed E-state index contributed by atoms with van der Waals surface area (Å²) in [5.74, 6) is -3.59. The lowest BCUT2D eigenvalue weighted by Gasteiger charge is -2.32. The van der Waals surface area contributed by atoms with E-state index in [4.69, 9.17) is 0 Å². The first-order chi connectivity index (χ1) is 16.8. The van der Waals surface area contributed by atoms with Crippen molar-refractivity contribution in [1.82, 2.24) is 29.4 Å². The Labute approximate surface area is 199 Å². The van der Waals surface area contributed by atoms with Crippen LogP contribution in [-0.4, -0.2) is 41.9 Å². The Morgan fingerprint density at radius 3 is 2.43 bits per heavy atom. The highest BCUT2D eigenvalue weighted by atomic mass is 19.2. The van der Waals surface area contributed by atoms with Crippen molar-refractivity contribution in [1.29, 1.82) is 0 Å². The topological polar surface area (TPSA) is 68.8 Å². The lowest BCUT2D eigenvalue weighted by molar-refractivity contribution is 0.0661. The summed E-state index contributed by atoms with van der Waals surface area (Å²) in [5, 5.41) is 9.03. The standard InChI is InChI=1S/C25H23F3N6O/c1-4-20-29-24(31-34(20)16-8-6-5-7-9-16)25(35)33-11-10-17-22(14(33)2)30-32(3)23(17)15-12-18(26)21(28)19(27)13-15/h5-9,12-14H,4,10-11H2,1-3H3. The number of fused-ring (bicyclic) bond motifs is 1. The molecular formula is C25H23F3N6O. The fraction of sp³-hybridized carbons (Fsp3) is 0.280.